The Kier molecular flexibility index (Phi) is 3.99. The third-order valence-electron chi connectivity index (χ3n) is 3.93. The first-order valence-corrected chi connectivity index (χ1v) is 7.41. The average molecular weight is 304 g/mol. The number of hydrogen-bond acceptors (Lipinski definition) is 2. The second kappa shape index (κ2) is 5.92. The Labute approximate surface area is 129 Å². The summed E-state index contributed by atoms with van der Waals surface area (Å²) >= 11 is 6.29. The van der Waals surface area contributed by atoms with E-state index in [1.807, 2.05) is 43.6 Å². The molecule has 21 heavy (non-hydrogen) atoms. The fourth-order valence-electron chi connectivity index (χ4n) is 2.79. The zero-order valence-corrected chi connectivity index (χ0v) is 12.7. The monoisotopic (exact) mass is 303 g/mol. The number of nitrogens with one attached hydrogen (secondary N) is 1. The number of aryl methyl sites for hydroxylation is 1. The van der Waals surface area contributed by atoms with Crippen LogP contribution in [0.25, 0.3) is 0 Å². The lowest BCUT2D eigenvalue weighted by atomic mass is 10.0. The molecular formula is C16H18ClN3O. The molecular weight excluding hydrogens is 286 g/mol. The Balaban J connectivity index is 1.92. The molecule has 1 aromatic carbocycles. The maximum Gasteiger partial charge on any atom is 0.242 e. The summed E-state index contributed by atoms with van der Waals surface area (Å²) in [6.07, 6.45) is 2.02. The lowest BCUT2D eigenvalue weighted by Gasteiger charge is -2.35. The van der Waals surface area contributed by atoms with Crippen LogP contribution in [0.1, 0.15) is 17.3 Å². The lowest BCUT2D eigenvalue weighted by molar-refractivity contribution is -0.129. The predicted molar refractivity (Wildman–Crippen MR) is 83.0 cm³/mol. The first kappa shape index (κ1) is 14.2. The van der Waals surface area contributed by atoms with Crippen LogP contribution in [0, 0.1) is 0 Å². The van der Waals surface area contributed by atoms with Crippen molar-refractivity contribution in [3.05, 3.63) is 58.9 Å². The minimum absolute atomic E-state index is 0.0172. The number of carbonyl (C=O) groups excluding carboxylic acids is 1. The van der Waals surface area contributed by atoms with Crippen molar-refractivity contribution < 1.29 is 4.79 Å². The molecule has 110 valence electrons. The van der Waals surface area contributed by atoms with Crippen molar-refractivity contribution in [2.45, 2.75) is 12.6 Å². The molecule has 0 spiro atoms. The molecule has 1 aliphatic heterocycles. The van der Waals surface area contributed by atoms with Crippen LogP contribution in [0.5, 0.6) is 0 Å². The fourth-order valence-corrected chi connectivity index (χ4v) is 3.03. The van der Waals surface area contributed by atoms with Gasteiger partial charge < -0.3 is 9.88 Å². The van der Waals surface area contributed by atoms with E-state index in [0.29, 0.717) is 11.6 Å². The second-order valence-corrected chi connectivity index (χ2v) is 5.70. The van der Waals surface area contributed by atoms with Gasteiger partial charge in [0.15, 0.2) is 0 Å². The molecule has 2 aromatic rings. The van der Waals surface area contributed by atoms with Crippen LogP contribution in [0.15, 0.2) is 42.6 Å². The fraction of sp³-hybridized carbons (Fsp3) is 0.312. The van der Waals surface area contributed by atoms with Gasteiger partial charge in [0.2, 0.25) is 5.91 Å². The molecule has 1 saturated heterocycles. The zero-order chi connectivity index (χ0) is 14.8. The van der Waals surface area contributed by atoms with Crippen molar-refractivity contribution in [2.75, 3.05) is 13.1 Å². The molecule has 2 heterocycles. The van der Waals surface area contributed by atoms with E-state index >= 15 is 0 Å². The topological polar surface area (TPSA) is 37.3 Å². The van der Waals surface area contributed by atoms with E-state index in [9.17, 15) is 4.79 Å². The van der Waals surface area contributed by atoms with Gasteiger partial charge in [-0.1, -0.05) is 29.8 Å². The maximum absolute atomic E-state index is 12.4. The summed E-state index contributed by atoms with van der Waals surface area (Å²) in [5.74, 6) is 0.0172. The summed E-state index contributed by atoms with van der Waals surface area (Å²) in [7, 11) is 2.02. The third kappa shape index (κ3) is 2.82. The summed E-state index contributed by atoms with van der Waals surface area (Å²) in [4.78, 5) is 14.5. The van der Waals surface area contributed by atoms with Gasteiger partial charge in [0.1, 0.15) is 6.04 Å². The summed E-state index contributed by atoms with van der Waals surface area (Å²) in [6.45, 7) is 2.21. The van der Waals surface area contributed by atoms with Crippen LogP contribution in [0.3, 0.4) is 0 Å². The van der Waals surface area contributed by atoms with Crippen molar-refractivity contribution in [3.63, 3.8) is 0 Å². The number of halogens is 1. The van der Waals surface area contributed by atoms with Crippen LogP contribution < -0.4 is 5.32 Å². The normalized spacial score (nSPS) is 19.5. The molecule has 1 N–H and O–H groups in total. The van der Waals surface area contributed by atoms with E-state index < -0.39 is 0 Å². The molecule has 4 nitrogen and oxygen atoms in total. The standard InChI is InChI=1S/C16H18ClN3O/c1-19-9-4-5-12(19)11-20-10-8-18-16(21)15(20)13-6-2-3-7-14(13)17/h2-7,9,15H,8,10-11H2,1H3,(H,18,21). The molecule has 0 bridgehead atoms. The maximum atomic E-state index is 12.4. The van der Waals surface area contributed by atoms with Gasteiger partial charge in [-0.15, -0.1) is 0 Å². The molecule has 5 heteroatoms. The van der Waals surface area contributed by atoms with Crippen LogP contribution >= 0.6 is 11.6 Å². The molecule has 1 fully saturated rings. The summed E-state index contributed by atoms with van der Waals surface area (Å²) in [6, 6.07) is 11.3. The van der Waals surface area contributed by atoms with E-state index in [1.165, 1.54) is 5.69 Å². The molecule has 1 atom stereocenters. The highest BCUT2D eigenvalue weighted by Gasteiger charge is 2.32. The highest BCUT2D eigenvalue weighted by Crippen LogP contribution is 2.30. The Bertz CT molecular complexity index is 652. The third-order valence-corrected chi connectivity index (χ3v) is 4.27. The largest absolute Gasteiger partial charge is 0.353 e. The molecule has 0 aliphatic carbocycles. The van der Waals surface area contributed by atoms with Gasteiger partial charge in [-0.2, -0.15) is 0 Å². The van der Waals surface area contributed by atoms with Gasteiger partial charge in [0, 0.05) is 43.6 Å². The minimum Gasteiger partial charge on any atom is -0.353 e. The van der Waals surface area contributed by atoms with E-state index in [4.69, 9.17) is 11.6 Å². The average Bonchev–Trinajstić information content (AvgIpc) is 2.86. The number of aromatic nitrogens is 1. The number of carbonyl (C=O) groups is 1. The van der Waals surface area contributed by atoms with E-state index in [2.05, 4.69) is 20.9 Å². The van der Waals surface area contributed by atoms with Gasteiger partial charge in [-0.3, -0.25) is 9.69 Å². The zero-order valence-electron chi connectivity index (χ0n) is 11.9. The van der Waals surface area contributed by atoms with Gasteiger partial charge in [-0.25, -0.2) is 0 Å². The minimum atomic E-state index is -0.331. The van der Waals surface area contributed by atoms with Gasteiger partial charge >= 0.3 is 0 Å². The van der Waals surface area contributed by atoms with Crippen molar-refractivity contribution in [1.29, 1.82) is 0 Å². The van der Waals surface area contributed by atoms with E-state index in [-0.39, 0.29) is 11.9 Å². The quantitative estimate of drug-likeness (QED) is 0.945. The molecule has 3 rings (SSSR count). The van der Waals surface area contributed by atoms with Crippen molar-refractivity contribution in [3.8, 4) is 0 Å². The Hall–Kier alpha value is -1.78. The second-order valence-electron chi connectivity index (χ2n) is 5.30. The van der Waals surface area contributed by atoms with Crippen LogP contribution in [0.4, 0.5) is 0 Å². The van der Waals surface area contributed by atoms with Crippen LogP contribution in [-0.2, 0) is 18.4 Å². The van der Waals surface area contributed by atoms with Crippen LogP contribution in [0.2, 0.25) is 5.02 Å². The Morgan fingerprint density at radius 1 is 1.29 bits per heavy atom. The molecule has 0 saturated carbocycles. The Morgan fingerprint density at radius 3 is 2.81 bits per heavy atom. The first-order chi connectivity index (χ1) is 10.2. The van der Waals surface area contributed by atoms with E-state index in [0.717, 1.165) is 18.7 Å². The molecule has 1 amide bonds. The molecule has 0 radical (unpaired) electrons. The number of piperazine rings is 1. The highest BCUT2D eigenvalue weighted by atomic mass is 35.5. The smallest absolute Gasteiger partial charge is 0.242 e. The van der Waals surface area contributed by atoms with E-state index in [1.54, 1.807) is 0 Å². The number of amides is 1. The van der Waals surface area contributed by atoms with Crippen molar-refractivity contribution in [1.82, 2.24) is 14.8 Å². The molecule has 1 aliphatic rings. The van der Waals surface area contributed by atoms with Gasteiger partial charge in [0.05, 0.1) is 0 Å². The summed E-state index contributed by atoms with van der Waals surface area (Å²) < 4.78 is 2.08. The molecule has 1 aromatic heterocycles. The SMILES string of the molecule is Cn1cccc1CN1CCNC(=O)C1c1ccccc1Cl. The predicted octanol–water partition coefficient (Wildman–Crippen LogP) is 2.35. The lowest BCUT2D eigenvalue weighted by Crippen LogP contribution is -2.49. The first-order valence-electron chi connectivity index (χ1n) is 7.03. The van der Waals surface area contributed by atoms with Crippen LogP contribution in [-0.4, -0.2) is 28.5 Å². The molecule has 1 unspecified atom stereocenters. The Morgan fingerprint density at radius 2 is 2.10 bits per heavy atom. The highest BCUT2D eigenvalue weighted by molar-refractivity contribution is 6.31. The number of hydrogen-bond donors (Lipinski definition) is 1. The number of rotatable bonds is 3. The van der Waals surface area contributed by atoms with Gasteiger partial charge in [0.25, 0.3) is 0 Å². The van der Waals surface area contributed by atoms with Gasteiger partial charge in [-0.05, 0) is 23.8 Å². The number of benzene rings is 1. The summed E-state index contributed by atoms with van der Waals surface area (Å²) in [5, 5.41) is 3.57. The summed E-state index contributed by atoms with van der Waals surface area (Å²) in [5.41, 5.74) is 2.05. The number of nitrogens with zero attached hydrogens (tertiary/aromatic N) is 2. The van der Waals surface area contributed by atoms with Crippen molar-refractivity contribution in [2.24, 2.45) is 7.05 Å². The van der Waals surface area contributed by atoms with Crippen molar-refractivity contribution >= 4 is 17.5 Å².